The average Bonchev–Trinajstić information content (AvgIpc) is 3.21. The van der Waals surface area contributed by atoms with Crippen LogP contribution in [0.3, 0.4) is 0 Å². The SMILES string of the molecule is C=CCc1cccc(C2C3=CCC4C(=O)N(c5ccc(C(=O)O)c(O)c5)C(=O)C4C3CC3=C2C(=O)C(C)=CC3=O)c1O. The minimum absolute atomic E-state index is 0.0187. The van der Waals surface area contributed by atoms with Crippen molar-refractivity contribution >= 4 is 35.0 Å². The van der Waals surface area contributed by atoms with Crippen molar-refractivity contribution in [2.24, 2.45) is 17.8 Å². The molecule has 4 atom stereocenters. The van der Waals surface area contributed by atoms with E-state index in [-0.39, 0.29) is 52.6 Å². The number of allylic oxidation sites excluding steroid dienone is 7. The van der Waals surface area contributed by atoms with Crippen LogP contribution in [0.15, 0.2) is 83.5 Å². The van der Waals surface area contributed by atoms with Crippen molar-refractivity contribution in [3.8, 4) is 11.5 Å². The quantitative estimate of drug-likeness (QED) is 0.278. The Bertz CT molecular complexity index is 1740. The number of amides is 2. The van der Waals surface area contributed by atoms with E-state index in [2.05, 4.69) is 6.58 Å². The summed E-state index contributed by atoms with van der Waals surface area (Å²) >= 11 is 0. The number of anilines is 1. The molecule has 4 aliphatic rings. The number of hydrogen-bond acceptors (Lipinski definition) is 7. The Labute approximate surface area is 240 Å². The minimum Gasteiger partial charge on any atom is -0.507 e. The van der Waals surface area contributed by atoms with E-state index in [1.165, 1.54) is 12.1 Å². The number of rotatable bonds is 5. The summed E-state index contributed by atoms with van der Waals surface area (Å²) < 4.78 is 0. The summed E-state index contributed by atoms with van der Waals surface area (Å²) in [5.41, 5.74) is 2.28. The van der Waals surface area contributed by atoms with Crippen LogP contribution in [0.4, 0.5) is 5.69 Å². The maximum absolute atomic E-state index is 14.0. The molecule has 0 bridgehead atoms. The molecule has 1 saturated heterocycles. The van der Waals surface area contributed by atoms with Gasteiger partial charge in [-0.25, -0.2) is 9.69 Å². The van der Waals surface area contributed by atoms with Gasteiger partial charge < -0.3 is 15.3 Å². The number of aromatic hydroxyl groups is 2. The second-order valence-electron chi connectivity index (χ2n) is 11.1. The predicted molar refractivity (Wildman–Crippen MR) is 151 cm³/mol. The summed E-state index contributed by atoms with van der Waals surface area (Å²) in [6, 6.07) is 8.74. The topological polar surface area (TPSA) is 149 Å². The number of carbonyl (C=O) groups excluding carboxylic acids is 4. The number of aromatic carboxylic acids is 1. The number of nitrogens with zero attached hydrogens (tertiary/aromatic N) is 1. The standard InChI is InChI=1S/C33H27NO8/c1-3-5-16-6-4-7-20(30(16)38)26-18-10-11-21-27(22(18)14-23-24(35)12-15(2)29(37)28(23)26)32(40)34(31(21)39)17-8-9-19(33(41)42)25(36)13-17/h3-4,6-10,12-13,21-22,26-27,36,38H,1,5,11,14H2,2H3,(H,41,42). The Morgan fingerprint density at radius 1 is 1.07 bits per heavy atom. The maximum Gasteiger partial charge on any atom is 0.339 e. The Balaban J connectivity index is 1.48. The molecule has 2 aromatic carbocycles. The number of carbonyl (C=O) groups is 5. The first-order chi connectivity index (χ1) is 20.0. The minimum atomic E-state index is -1.35. The number of imide groups is 1. The largest absolute Gasteiger partial charge is 0.507 e. The number of carboxylic acid groups (broad SMARTS) is 1. The molecule has 2 aromatic rings. The van der Waals surface area contributed by atoms with Gasteiger partial charge in [0.2, 0.25) is 11.8 Å². The van der Waals surface area contributed by atoms with Gasteiger partial charge in [-0.3, -0.25) is 19.2 Å². The molecule has 9 nitrogen and oxygen atoms in total. The second kappa shape index (κ2) is 9.80. The van der Waals surface area contributed by atoms with Crippen LogP contribution >= 0.6 is 0 Å². The van der Waals surface area contributed by atoms with E-state index in [1.807, 2.05) is 6.08 Å². The first-order valence-electron chi connectivity index (χ1n) is 13.6. The van der Waals surface area contributed by atoms with Crippen molar-refractivity contribution in [1.82, 2.24) is 0 Å². The van der Waals surface area contributed by atoms with Crippen molar-refractivity contribution in [1.29, 1.82) is 0 Å². The number of ketones is 2. The fourth-order valence-corrected chi connectivity index (χ4v) is 6.98. The van der Waals surface area contributed by atoms with Crippen molar-refractivity contribution in [2.75, 3.05) is 4.90 Å². The third-order valence-corrected chi connectivity index (χ3v) is 8.86. The Kier molecular flexibility index (Phi) is 6.33. The van der Waals surface area contributed by atoms with Crippen molar-refractivity contribution < 1.29 is 39.3 Å². The Hall–Kier alpha value is -5.05. The molecule has 9 heteroatoms. The van der Waals surface area contributed by atoms with Gasteiger partial charge >= 0.3 is 5.97 Å². The van der Waals surface area contributed by atoms with E-state index in [9.17, 15) is 39.3 Å². The van der Waals surface area contributed by atoms with Gasteiger partial charge in [0.05, 0.1) is 17.5 Å². The highest BCUT2D eigenvalue weighted by atomic mass is 16.4. The van der Waals surface area contributed by atoms with Crippen LogP contribution in [0.1, 0.15) is 47.2 Å². The smallest absolute Gasteiger partial charge is 0.339 e. The van der Waals surface area contributed by atoms with E-state index in [4.69, 9.17) is 0 Å². The van der Waals surface area contributed by atoms with Gasteiger partial charge in [-0.2, -0.15) is 0 Å². The average molecular weight is 566 g/mol. The molecule has 1 heterocycles. The van der Waals surface area contributed by atoms with Crippen molar-refractivity contribution in [3.05, 3.63) is 100 Å². The number of fused-ring (bicyclic) bond motifs is 3. The maximum atomic E-state index is 14.0. The summed E-state index contributed by atoms with van der Waals surface area (Å²) in [7, 11) is 0. The van der Waals surface area contributed by atoms with Crippen LogP contribution < -0.4 is 4.90 Å². The zero-order valence-electron chi connectivity index (χ0n) is 22.7. The lowest BCUT2D eigenvalue weighted by Gasteiger charge is -2.42. The molecule has 3 N–H and O–H groups in total. The van der Waals surface area contributed by atoms with E-state index in [0.29, 0.717) is 28.7 Å². The molecule has 1 fully saturated rings. The van der Waals surface area contributed by atoms with Crippen LogP contribution in [0.2, 0.25) is 0 Å². The highest BCUT2D eigenvalue weighted by Gasteiger charge is 2.57. The number of phenols is 2. The number of phenolic OH excluding ortho intramolecular Hbond substituents is 1. The molecular formula is C33H27NO8. The number of benzene rings is 2. The molecule has 0 radical (unpaired) electrons. The number of para-hydroxylation sites is 1. The molecule has 42 heavy (non-hydrogen) atoms. The van der Waals surface area contributed by atoms with Crippen LogP contribution in [0.5, 0.6) is 11.5 Å². The van der Waals surface area contributed by atoms with Gasteiger partial charge in [-0.15, -0.1) is 6.58 Å². The van der Waals surface area contributed by atoms with Crippen LogP contribution in [0.25, 0.3) is 0 Å². The van der Waals surface area contributed by atoms with E-state index < -0.39 is 47.2 Å². The highest BCUT2D eigenvalue weighted by molar-refractivity contribution is 6.25. The highest BCUT2D eigenvalue weighted by Crippen LogP contribution is 2.56. The molecule has 212 valence electrons. The lowest BCUT2D eigenvalue weighted by Crippen LogP contribution is -2.39. The molecule has 4 unspecified atom stereocenters. The predicted octanol–water partition coefficient (Wildman–Crippen LogP) is 4.16. The fraction of sp³-hybridized carbons (Fsp3) is 0.242. The first kappa shape index (κ1) is 27.1. The molecule has 3 aliphatic carbocycles. The number of hydrogen-bond donors (Lipinski definition) is 3. The molecule has 0 aromatic heterocycles. The van der Waals surface area contributed by atoms with E-state index in [1.54, 1.807) is 31.2 Å². The number of carboxylic acids is 1. The summed E-state index contributed by atoms with van der Waals surface area (Å²) in [5.74, 6) is -6.60. The second-order valence-corrected chi connectivity index (χ2v) is 11.1. The van der Waals surface area contributed by atoms with E-state index in [0.717, 1.165) is 17.0 Å². The normalized spacial score (nSPS) is 25.0. The van der Waals surface area contributed by atoms with Crippen molar-refractivity contribution in [2.45, 2.75) is 32.1 Å². The molecule has 0 saturated carbocycles. The summed E-state index contributed by atoms with van der Waals surface area (Å²) in [6.07, 6.45) is 5.45. The zero-order valence-corrected chi connectivity index (χ0v) is 22.7. The zero-order chi connectivity index (χ0) is 30.0. The first-order valence-corrected chi connectivity index (χ1v) is 13.6. The lowest BCUT2D eigenvalue weighted by molar-refractivity contribution is -0.123. The lowest BCUT2D eigenvalue weighted by atomic mass is 9.59. The number of Topliss-reactive ketones (excluding diaryl/α,β-unsaturated/α-hetero) is 1. The van der Waals surface area contributed by atoms with Gasteiger partial charge in [0.15, 0.2) is 11.6 Å². The Morgan fingerprint density at radius 3 is 2.52 bits per heavy atom. The van der Waals surface area contributed by atoms with Crippen LogP contribution in [-0.2, 0) is 25.6 Å². The monoisotopic (exact) mass is 565 g/mol. The van der Waals surface area contributed by atoms with Crippen LogP contribution in [0, 0.1) is 17.8 Å². The summed E-state index contributed by atoms with van der Waals surface area (Å²) in [6.45, 7) is 5.33. The molecule has 2 amide bonds. The molecular weight excluding hydrogens is 538 g/mol. The Morgan fingerprint density at radius 2 is 1.83 bits per heavy atom. The van der Waals surface area contributed by atoms with Crippen molar-refractivity contribution in [3.63, 3.8) is 0 Å². The molecule has 0 spiro atoms. The van der Waals surface area contributed by atoms with Gasteiger partial charge in [-0.1, -0.05) is 35.9 Å². The van der Waals surface area contributed by atoms with Gasteiger partial charge in [0.25, 0.3) is 0 Å². The van der Waals surface area contributed by atoms with Gasteiger partial charge in [0, 0.05) is 34.3 Å². The van der Waals surface area contributed by atoms with E-state index >= 15 is 0 Å². The molecule has 1 aliphatic heterocycles. The third kappa shape index (κ3) is 3.88. The molecule has 6 rings (SSSR count). The fourth-order valence-electron chi connectivity index (χ4n) is 6.98. The van der Waals surface area contributed by atoms with Crippen LogP contribution in [-0.4, -0.2) is 44.7 Å². The van der Waals surface area contributed by atoms with Gasteiger partial charge in [-0.05, 0) is 55.9 Å². The summed E-state index contributed by atoms with van der Waals surface area (Å²) in [5, 5.41) is 30.8. The summed E-state index contributed by atoms with van der Waals surface area (Å²) in [4.78, 5) is 66.8. The van der Waals surface area contributed by atoms with Gasteiger partial charge in [0.1, 0.15) is 17.1 Å². The third-order valence-electron chi connectivity index (χ3n) is 8.86.